The lowest BCUT2D eigenvalue weighted by molar-refractivity contribution is -0.126. The number of carbonyl (C=O) groups excluding carboxylic acids is 1. The Balaban J connectivity index is 2.37. The molecule has 2 aromatic heterocycles. The van der Waals surface area contributed by atoms with Crippen LogP contribution in [0.4, 0.5) is 0 Å². The second-order valence-corrected chi connectivity index (χ2v) is 6.50. The highest BCUT2D eigenvalue weighted by molar-refractivity contribution is 5.79. The van der Waals surface area contributed by atoms with E-state index in [1.807, 2.05) is 33.8 Å². The van der Waals surface area contributed by atoms with Crippen LogP contribution in [0.15, 0.2) is 35.4 Å². The van der Waals surface area contributed by atoms with Gasteiger partial charge in [0.2, 0.25) is 5.91 Å². The lowest BCUT2D eigenvalue weighted by Gasteiger charge is -2.24. The summed E-state index contributed by atoms with van der Waals surface area (Å²) < 4.78 is 0. The number of H-pyrrole nitrogens is 1. The highest BCUT2D eigenvalue weighted by Crippen LogP contribution is 2.22. The van der Waals surface area contributed by atoms with Crippen molar-refractivity contribution in [3.63, 3.8) is 0 Å². The Hall–Kier alpha value is -2.50. The second kappa shape index (κ2) is 8.55. The molecule has 0 aromatic carbocycles. The molecule has 2 N–H and O–H groups in total. The predicted molar refractivity (Wildman–Crippen MR) is 97.9 cm³/mol. The van der Waals surface area contributed by atoms with Gasteiger partial charge in [-0.3, -0.25) is 14.6 Å². The van der Waals surface area contributed by atoms with E-state index in [1.165, 1.54) is 6.07 Å². The molecule has 0 spiro atoms. The molecule has 0 unspecified atom stereocenters. The highest BCUT2D eigenvalue weighted by atomic mass is 16.2. The number of carbonyl (C=O) groups is 1. The van der Waals surface area contributed by atoms with Crippen molar-refractivity contribution in [1.82, 2.24) is 20.3 Å². The summed E-state index contributed by atoms with van der Waals surface area (Å²) in [6.45, 7) is 8.02. The number of amides is 1. The molecule has 0 fully saturated rings. The zero-order chi connectivity index (χ0) is 18.4. The highest BCUT2D eigenvalue weighted by Gasteiger charge is 2.24. The van der Waals surface area contributed by atoms with Crippen molar-refractivity contribution in [2.24, 2.45) is 11.8 Å². The number of rotatable bonds is 7. The number of nitrogens with zero attached hydrogens (tertiary/aromatic N) is 2. The van der Waals surface area contributed by atoms with Crippen LogP contribution in [0.5, 0.6) is 0 Å². The standard InChI is InChI=1S/C19H26N4O2/c1-5-13(6-2)19(25)23-17(12(3)4)15-10-16(24)22-18(21-15)14-8-7-9-20-11-14/h7-13,17H,5-6H2,1-4H3,(H,23,25)(H,21,22,24)/t17-/m1/s1. The molecule has 1 amide bonds. The summed E-state index contributed by atoms with van der Waals surface area (Å²) in [5, 5.41) is 3.07. The molecule has 0 saturated carbocycles. The lowest BCUT2D eigenvalue weighted by atomic mass is 9.97. The van der Waals surface area contributed by atoms with Crippen molar-refractivity contribution >= 4 is 5.91 Å². The van der Waals surface area contributed by atoms with Crippen molar-refractivity contribution in [1.29, 1.82) is 0 Å². The molecular formula is C19H26N4O2. The van der Waals surface area contributed by atoms with Crippen LogP contribution in [0.2, 0.25) is 0 Å². The van der Waals surface area contributed by atoms with E-state index in [-0.39, 0.29) is 29.3 Å². The van der Waals surface area contributed by atoms with Crippen LogP contribution in [0.1, 0.15) is 52.3 Å². The van der Waals surface area contributed by atoms with Crippen LogP contribution in [-0.2, 0) is 4.79 Å². The fraction of sp³-hybridized carbons (Fsp3) is 0.474. The van der Waals surface area contributed by atoms with E-state index in [0.717, 1.165) is 18.4 Å². The van der Waals surface area contributed by atoms with Gasteiger partial charge in [0, 0.05) is 29.9 Å². The summed E-state index contributed by atoms with van der Waals surface area (Å²) >= 11 is 0. The van der Waals surface area contributed by atoms with E-state index in [9.17, 15) is 9.59 Å². The molecule has 2 heterocycles. The Morgan fingerprint density at radius 3 is 2.56 bits per heavy atom. The SMILES string of the molecule is CCC(CC)C(=O)N[C@@H](c1cc(=O)[nH]c(-c2cccnc2)n1)C(C)C. The minimum atomic E-state index is -0.314. The van der Waals surface area contributed by atoms with E-state index in [1.54, 1.807) is 18.5 Å². The summed E-state index contributed by atoms with van der Waals surface area (Å²) in [4.78, 5) is 36.0. The zero-order valence-electron chi connectivity index (χ0n) is 15.2. The molecule has 25 heavy (non-hydrogen) atoms. The van der Waals surface area contributed by atoms with Gasteiger partial charge in [0.1, 0.15) is 5.82 Å². The third kappa shape index (κ3) is 4.75. The van der Waals surface area contributed by atoms with Crippen molar-refractivity contribution in [2.75, 3.05) is 0 Å². The van der Waals surface area contributed by atoms with Gasteiger partial charge in [-0.05, 0) is 30.9 Å². The Kier molecular flexibility index (Phi) is 6.44. The smallest absolute Gasteiger partial charge is 0.251 e. The van der Waals surface area contributed by atoms with Crippen LogP contribution in [0.3, 0.4) is 0 Å². The fourth-order valence-electron chi connectivity index (χ4n) is 2.79. The first-order chi connectivity index (χ1) is 12.0. The Labute approximate surface area is 148 Å². The van der Waals surface area contributed by atoms with Gasteiger partial charge >= 0.3 is 0 Å². The van der Waals surface area contributed by atoms with E-state index in [4.69, 9.17) is 0 Å². The van der Waals surface area contributed by atoms with Gasteiger partial charge in [-0.1, -0.05) is 27.7 Å². The average molecular weight is 342 g/mol. The molecule has 0 saturated heterocycles. The molecular weight excluding hydrogens is 316 g/mol. The third-order valence-electron chi connectivity index (χ3n) is 4.34. The first kappa shape index (κ1) is 18.8. The lowest BCUT2D eigenvalue weighted by Crippen LogP contribution is -2.37. The van der Waals surface area contributed by atoms with Crippen LogP contribution in [0.25, 0.3) is 11.4 Å². The van der Waals surface area contributed by atoms with Crippen molar-refractivity contribution in [2.45, 2.75) is 46.6 Å². The van der Waals surface area contributed by atoms with Gasteiger partial charge in [-0.2, -0.15) is 0 Å². The molecule has 6 nitrogen and oxygen atoms in total. The van der Waals surface area contributed by atoms with Crippen LogP contribution in [-0.4, -0.2) is 20.9 Å². The first-order valence-electron chi connectivity index (χ1n) is 8.78. The van der Waals surface area contributed by atoms with E-state index < -0.39 is 0 Å². The summed E-state index contributed by atoms with van der Waals surface area (Å²) in [5.41, 5.74) is 1.05. The molecule has 0 radical (unpaired) electrons. The van der Waals surface area contributed by atoms with Gasteiger partial charge in [0.25, 0.3) is 5.56 Å². The quantitative estimate of drug-likeness (QED) is 0.809. The van der Waals surface area contributed by atoms with Gasteiger partial charge in [-0.15, -0.1) is 0 Å². The number of aromatic nitrogens is 3. The maximum absolute atomic E-state index is 12.5. The van der Waals surface area contributed by atoms with Crippen LogP contribution < -0.4 is 10.9 Å². The van der Waals surface area contributed by atoms with Crippen LogP contribution >= 0.6 is 0 Å². The van der Waals surface area contributed by atoms with Crippen molar-refractivity contribution in [3.05, 3.63) is 46.6 Å². The molecule has 0 aliphatic heterocycles. The normalized spacial score (nSPS) is 12.4. The molecule has 2 aromatic rings. The van der Waals surface area contributed by atoms with Crippen molar-refractivity contribution < 1.29 is 4.79 Å². The monoisotopic (exact) mass is 342 g/mol. The number of aromatic amines is 1. The van der Waals surface area contributed by atoms with Crippen molar-refractivity contribution in [3.8, 4) is 11.4 Å². The van der Waals surface area contributed by atoms with E-state index in [2.05, 4.69) is 20.3 Å². The minimum Gasteiger partial charge on any atom is -0.347 e. The fourth-order valence-corrected chi connectivity index (χ4v) is 2.79. The third-order valence-corrected chi connectivity index (χ3v) is 4.34. The molecule has 6 heteroatoms. The number of hydrogen-bond acceptors (Lipinski definition) is 4. The van der Waals surface area contributed by atoms with E-state index in [0.29, 0.717) is 11.5 Å². The average Bonchev–Trinajstić information content (AvgIpc) is 2.60. The van der Waals surface area contributed by atoms with Gasteiger partial charge in [-0.25, -0.2) is 4.98 Å². The first-order valence-corrected chi connectivity index (χ1v) is 8.78. The number of hydrogen-bond donors (Lipinski definition) is 2. The summed E-state index contributed by atoms with van der Waals surface area (Å²) in [6, 6.07) is 4.77. The molecule has 134 valence electrons. The summed E-state index contributed by atoms with van der Waals surface area (Å²) in [7, 11) is 0. The van der Waals surface area contributed by atoms with E-state index >= 15 is 0 Å². The topological polar surface area (TPSA) is 87.7 Å². The second-order valence-electron chi connectivity index (χ2n) is 6.50. The Bertz CT molecular complexity index is 752. The van der Waals surface area contributed by atoms with Crippen LogP contribution in [0, 0.1) is 11.8 Å². The number of nitrogens with one attached hydrogen (secondary N) is 2. The maximum atomic E-state index is 12.5. The maximum Gasteiger partial charge on any atom is 0.251 e. The largest absolute Gasteiger partial charge is 0.347 e. The van der Waals surface area contributed by atoms with Gasteiger partial charge in [0.05, 0.1) is 11.7 Å². The predicted octanol–water partition coefficient (Wildman–Crippen LogP) is 3.08. The zero-order valence-corrected chi connectivity index (χ0v) is 15.2. The molecule has 0 aliphatic carbocycles. The minimum absolute atomic E-state index is 0.00806. The van der Waals surface area contributed by atoms with Gasteiger partial charge in [0.15, 0.2) is 0 Å². The van der Waals surface area contributed by atoms with Gasteiger partial charge < -0.3 is 10.3 Å². The summed E-state index contributed by atoms with van der Waals surface area (Å²) in [5.74, 6) is 0.544. The molecule has 0 aliphatic rings. The Morgan fingerprint density at radius 1 is 1.28 bits per heavy atom. The molecule has 0 bridgehead atoms. The molecule has 1 atom stereocenters. The summed E-state index contributed by atoms with van der Waals surface area (Å²) in [6.07, 6.45) is 4.89. The Morgan fingerprint density at radius 2 is 2.00 bits per heavy atom. The molecule has 2 rings (SSSR count). The number of pyridine rings is 1.